The molecule has 0 aliphatic heterocycles. The lowest BCUT2D eigenvalue weighted by Crippen LogP contribution is -2.17. The molecule has 0 amide bonds. The molecule has 0 aromatic heterocycles. The minimum Gasteiger partial charge on any atom is -0.396 e. The molecule has 0 saturated heterocycles. The van der Waals surface area contributed by atoms with Crippen molar-refractivity contribution in [2.45, 2.75) is 6.42 Å². The maximum absolute atomic E-state index is 12.8. The third kappa shape index (κ3) is 3.96. The van der Waals surface area contributed by atoms with Gasteiger partial charge in [-0.05, 0) is 24.6 Å². The Morgan fingerprint density at radius 1 is 1.44 bits per heavy atom. The number of hydrogen-bond acceptors (Lipinski definition) is 3. The van der Waals surface area contributed by atoms with Crippen LogP contribution in [0.15, 0.2) is 18.2 Å². The molecule has 2 N–H and O–H groups in total. The molecule has 0 spiro atoms. The van der Waals surface area contributed by atoms with Gasteiger partial charge in [-0.3, -0.25) is 4.72 Å². The highest BCUT2D eigenvalue weighted by molar-refractivity contribution is 7.92. The highest BCUT2D eigenvalue weighted by atomic mass is 35.5. The molecule has 16 heavy (non-hydrogen) atoms. The van der Waals surface area contributed by atoms with Gasteiger partial charge in [-0.25, -0.2) is 12.8 Å². The van der Waals surface area contributed by atoms with E-state index < -0.39 is 15.8 Å². The molecule has 0 fully saturated rings. The van der Waals surface area contributed by atoms with Crippen molar-refractivity contribution in [3.05, 3.63) is 29.0 Å². The van der Waals surface area contributed by atoms with Crippen LogP contribution >= 0.6 is 11.6 Å². The van der Waals surface area contributed by atoms with E-state index in [1.165, 1.54) is 12.1 Å². The molecule has 1 aromatic rings. The number of hydrogen-bond donors (Lipinski definition) is 2. The van der Waals surface area contributed by atoms with Crippen LogP contribution in [-0.2, 0) is 10.0 Å². The average molecular weight is 268 g/mol. The van der Waals surface area contributed by atoms with Gasteiger partial charge in [0.2, 0.25) is 10.0 Å². The van der Waals surface area contributed by atoms with E-state index in [-0.39, 0.29) is 29.5 Å². The van der Waals surface area contributed by atoms with Crippen LogP contribution in [0.3, 0.4) is 0 Å². The average Bonchev–Trinajstić information content (AvgIpc) is 2.20. The van der Waals surface area contributed by atoms with Crippen LogP contribution < -0.4 is 4.72 Å². The number of aliphatic hydroxyl groups excluding tert-OH is 1. The Morgan fingerprint density at radius 3 is 2.69 bits per heavy atom. The van der Waals surface area contributed by atoms with Crippen LogP contribution in [0.1, 0.15) is 6.42 Å². The molecule has 0 radical (unpaired) electrons. The van der Waals surface area contributed by atoms with Gasteiger partial charge in [0, 0.05) is 6.61 Å². The lowest BCUT2D eigenvalue weighted by molar-refractivity contribution is 0.295. The molecule has 0 saturated carbocycles. The normalized spacial score (nSPS) is 11.4. The van der Waals surface area contributed by atoms with E-state index >= 15 is 0 Å². The Hall–Kier alpha value is -0.850. The zero-order chi connectivity index (χ0) is 12.2. The van der Waals surface area contributed by atoms with Gasteiger partial charge in [0.05, 0.1) is 16.5 Å². The lowest BCUT2D eigenvalue weighted by Gasteiger charge is -2.07. The summed E-state index contributed by atoms with van der Waals surface area (Å²) in [6, 6.07) is 3.54. The predicted octanol–water partition coefficient (Wildman–Crippen LogP) is 1.60. The third-order valence-corrected chi connectivity index (χ3v) is 3.43. The van der Waals surface area contributed by atoms with Crippen molar-refractivity contribution in [1.82, 2.24) is 0 Å². The second kappa shape index (κ2) is 5.47. The monoisotopic (exact) mass is 267 g/mol. The van der Waals surface area contributed by atoms with Gasteiger partial charge < -0.3 is 5.11 Å². The summed E-state index contributed by atoms with van der Waals surface area (Å²) >= 11 is 5.50. The zero-order valence-corrected chi connectivity index (χ0v) is 9.85. The standard InChI is InChI=1S/C9H11ClFNO3S/c10-8-6-7(2-3-9(8)11)12-16(14,15)5-1-4-13/h2-3,6,12-13H,1,4-5H2. The Kier molecular flexibility index (Phi) is 4.52. The van der Waals surface area contributed by atoms with Crippen LogP contribution in [0, 0.1) is 5.82 Å². The van der Waals surface area contributed by atoms with E-state index in [1.54, 1.807) is 0 Å². The van der Waals surface area contributed by atoms with E-state index in [0.29, 0.717) is 0 Å². The Morgan fingerprint density at radius 2 is 2.12 bits per heavy atom. The summed E-state index contributed by atoms with van der Waals surface area (Å²) in [5.41, 5.74) is 0.198. The SMILES string of the molecule is O=S(=O)(CCCO)Nc1ccc(F)c(Cl)c1. The van der Waals surface area contributed by atoms with Crippen molar-refractivity contribution in [2.24, 2.45) is 0 Å². The van der Waals surface area contributed by atoms with Crippen LogP contribution in [0.2, 0.25) is 5.02 Å². The molecule has 0 aliphatic rings. The van der Waals surface area contributed by atoms with Crippen LogP contribution in [0.4, 0.5) is 10.1 Å². The molecular weight excluding hydrogens is 257 g/mol. The van der Waals surface area contributed by atoms with E-state index in [1.807, 2.05) is 0 Å². The van der Waals surface area contributed by atoms with Gasteiger partial charge in [0.15, 0.2) is 0 Å². The first-order valence-corrected chi connectivity index (χ1v) is 6.54. The number of sulfonamides is 1. The van der Waals surface area contributed by atoms with Gasteiger partial charge in [-0.15, -0.1) is 0 Å². The number of benzene rings is 1. The summed E-state index contributed by atoms with van der Waals surface area (Å²) in [6.07, 6.45) is 0.143. The van der Waals surface area contributed by atoms with E-state index in [9.17, 15) is 12.8 Å². The fourth-order valence-corrected chi connectivity index (χ4v) is 2.32. The summed E-state index contributed by atoms with van der Waals surface area (Å²) < 4.78 is 37.8. The number of rotatable bonds is 5. The molecule has 90 valence electrons. The highest BCUT2D eigenvalue weighted by Crippen LogP contribution is 2.20. The predicted molar refractivity (Wildman–Crippen MR) is 60.5 cm³/mol. The summed E-state index contributed by atoms with van der Waals surface area (Å²) in [6.45, 7) is -0.203. The molecule has 0 heterocycles. The molecule has 1 rings (SSSR count). The second-order valence-corrected chi connectivity index (χ2v) is 5.38. The number of aliphatic hydroxyl groups is 1. The minimum absolute atomic E-state index is 0.143. The second-order valence-electron chi connectivity index (χ2n) is 3.13. The van der Waals surface area contributed by atoms with Crippen molar-refractivity contribution >= 4 is 27.3 Å². The molecule has 0 aliphatic carbocycles. The Balaban J connectivity index is 2.76. The molecule has 1 aromatic carbocycles. The fraction of sp³-hybridized carbons (Fsp3) is 0.333. The van der Waals surface area contributed by atoms with Gasteiger partial charge in [-0.2, -0.15) is 0 Å². The summed E-state index contributed by atoms with van der Waals surface area (Å²) in [7, 11) is -3.52. The summed E-state index contributed by atoms with van der Waals surface area (Å²) in [5.74, 6) is -0.807. The molecule has 7 heteroatoms. The first-order chi connectivity index (χ1) is 7.44. The minimum atomic E-state index is -3.52. The van der Waals surface area contributed by atoms with Gasteiger partial charge in [-0.1, -0.05) is 11.6 Å². The van der Waals surface area contributed by atoms with Crippen LogP contribution in [-0.4, -0.2) is 25.9 Å². The quantitative estimate of drug-likeness (QED) is 0.852. The third-order valence-electron chi connectivity index (χ3n) is 1.76. The maximum Gasteiger partial charge on any atom is 0.232 e. The molecule has 4 nitrogen and oxygen atoms in total. The van der Waals surface area contributed by atoms with Crippen molar-refractivity contribution < 1.29 is 17.9 Å². The zero-order valence-electron chi connectivity index (χ0n) is 8.28. The van der Waals surface area contributed by atoms with E-state index in [2.05, 4.69) is 4.72 Å². The Labute approximate surface area is 98.1 Å². The summed E-state index contributed by atoms with van der Waals surface area (Å²) in [5, 5.41) is 8.36. The number of halogens is 2. The first-order valence-electron chi connectivity index (χ1n) is 4.51. The fourth-order valence-electron chi connectivity index (χ4n) is 1.04. The molecular formula is C9H11ClFNO3S. The van der Waals surface area contributed by atoms with Crippen molar-refractivity contribution in [1.29, 1.82) is 0 Å². The largest absolute Gasteiger partial charge is 0.396 e. The van der Waals surface area contributed by atoms with Crippen LogP contribution in [0.5, 0.6) is 0 Å². The number of anilines is 1. The Bertz CT molecular complexity index is 464. The van der Waals surface area contributed by atoms with Gasteiger partial charge >= 0.3 is 0 Å². The summed E-state index contributed by atoms with van der Waals surface area (Å²) in [4.78, 5) is 0. The number of nitrogens with one attached hydrogen (secondary N) is 1. The maximum atomic E-state index is 12.8. The van der Waals surface area contributed by atoms with Crippen molar-refractivity contribution in [3.63, 3.8) is 0 Å². The first kappa shape index (κ1) is 13.2. The molecule has 0 atom stereocenters. The lowest BCUT2D eigenvalue weighted by atomic mass is 10.3. The highest BCUT2D eigenvalue weighted by Gasteiger charge is 2.10. The topological polar surface area (TPSA) is 66.4 Å². The van der Waals surface area contributed by atoms with Crippen LogP contribution in [0.25, 0.3) is 0 Å². The molecule has 0 bridgehead atoms. The van der Waals surface area contributed by atoms with Crippen molar-refractivity contribution in [3.8, 4) is 0 Å². The van der Waals surface area contributed by atoms with E-state index in [4.69, 9.17) is 16.7 Å². The molecule has 0 unspecified atom stereocenters. The van der Waals surface area contributed by atoms with Gasteiger partial charge in [0.25, 0.3) is 0 Å². The van der Waals surface area contributed by atoms with E-state index in [0.717, 1.165) is 6.07 Å². The smallest absolute Gasteiger partial charge is 0.232 e. The van der Waals surface area contributed by atoms with Gasteiger partial charge in [0.1, 0.15) is 5.82 Å². The van der Waals surface area contributed by atoms with Crippen molar-refractivity contribution in [2.75, 3.05) is 17.1 Å².